The van der Waals surface area contributed by atoms with Crippen molar-refractivity contribution in [3.05, 3.63) is 41.6 Å². The van der Waals surface area contributed by atoms with Crippen LogP contribution in [-0.2, 0) is 16.6 Å². The summed E-state index contributed by atoms with van der Waals surface area (Å²) in [6.07, 6.45) is 1.13. The lowest BCUT2D eigenvalue weighted by molar-refractivity contribution is 0.278. The average molecular weight is 289 g/mol. The van der Waals surface area contributed by atoms with E-state index in [0.29, 0.717) is 6.07 Å². The number of nitrogens with one attached hydrogen (secondary N) is 2. The number of aliphatic hydroxyl groups excluding tert-OH is 1. The lowest BCUT2D eigenvalue weighted by Crippen LogP contribution is -2.16. The largest absolute Gasteiger partial charge is 0.392 e. The van der Waals surface area contributed by atoms with Crippen molar-refractivity contribution in [2.45, 2.75) is 11.6 Å². The number of aromatic nitrogens is 2. The predicted molar refractivity (Wildman–Crippen MR) is 61.7 cm³/mol. The summed E-state index contributed by atoms with van der Waals surface area (Å²) < 4.78 is 51.9. The Bertz CT molecular complexity index is 700. The van der Waals surface area contributed by atoms with Crippen LogP contribution in [0, 0.1) is 11.6 Å². The van der Waals surface area contributed by atoms with Gasteiger partial charge in [0.2, 0.25) is 0 Å². The lowest BCUT2D eigenvalue weighted by atomic mass is 10.3. The van der Waals surface area contributed by atoms with Crippen molar-refractivity contribution >= 4 is 15.7 Å². The van der Waals surface area contributed by atoms with Crippen molar-refractivity contribution < 1.29 is 22.3 Å². The molecule has 2 rings (SSSR count). The molecular weight excluding hydrogens is 280 g/mol. The van der Waals surface area contributed by atoms with E-state index in [1.54, 1.807) is 0 Å². The maximum absolute atomic E-state index is 13.4. The zero-order chi connectivity index (χ0) is 14.0. The highest BCUT2D eigenvalue weighted by Gasteiger charge is 2.21. The van der Waals surface area contributed by atoms with E-state index in [0.717, 1.165) is 18.3 Å². The van der Waals surface area contributed by atoms with Gasteiger partial charge in [-0.3, -0.25) is 9.82 Å². The molecule has 1 heterocycles. The molecule has 0 unspecified atom stereocenters. The monoisotopic (exact) mass is 289 g/mol. The summed E-state index contributed by atoms with van der Waals surface area (Å²) in [5, 5.41) is 14.2. The first-order valence-corrected chi connectivity index (χ1v) is 6.53. The number of halogens is 2. The van der Waals surface area contributed by atoms with Crippen molar-refractivity contribution in [3.8, 4) is 0 Å². The molecule has 0 aliphatic rings. The summed E-state index contributed by atoms with van der Waals surface area (Å²) >= 11 is 0. The van der Waals surface area contributed by atoms with Crippen molar-refractivity contribution in [3.63, 3.8) is 0 Å². The highest BCUT2D eigenvalue weighted by atomic mass is 32.2. The minimum absolute atomic E-state index is 0.0371. The van der Waals surface area contributed by atoms with E-state index < -0.39 is 34.0 Å². The topological polar surface area (TPSA) is 95.1 Å². The quantitative estimate of drug-likeness (QED) is 0.782. The van der Waals surface area contributed by atoms with Crippen LogP contribution in [0.4, 0.5) is 14.5 Å². The fraction of sp³-hybridized carbons (Fsp3) is 0.100. The molecular formula is C10H9F2N3O3S. The fourth-order valence-corrected chi connectivity index (χ4v) is 2.61. The third-order valence-corrected chi connectivity index (χ3v) is 3.67. The normalized spacial score (nSPS) is 11.5. The van der Waals surface area contributed by atoms with Crippen molar-refractivity contribution in [2.24, 2.45) is 0 Å². The molecule has 0 saturated heterocycles. The maximum Gasteiger partial charge on any atom is 0.279 e. The second-order valence-corrected chi connectivity index (χ2v) is 5.23. The molecule has 0 spiro atoms. The Morgan fingerprint density at radius 3 is 2.74 bits per heavy atom. The van der Waals surface area contributed by atoms with Crippen LogP contribution in [0.2, 0.25) is 0 Å². The number of aliphatic hydroxyl groups is 1. The fourth-order valence-electron chi connectivity index (χ4n) is 1.41. The Balaban J connectivity index is 2.37. The van der Waals surface area contributed by atoms with E-state index in [2.05, 4.69) is 10.2 Å². The van der Waals surface area contributed by atoms with E-state index in [1.807, 2.05) is 4.72 Å². The third-order valence-electron chi connectivity index (χ3n) is 2.29. The Morgan fingerprint density at radius 1 is 1.37 bits per heavy atom. The summed E-state index contributed by atoms with van der Waals surface area (Å²) in [6.45, 7) is -0.543. The summed E-state index contributed by atoms with van der Waals surface area (Å²) in [4.78, 5) is 0. The SMILES string of the molecule is O=S(=O)(Nc1ccc(F)cc1F)c1[nH]ncc1CO. The number of hydrogen-bond donors (Lipinski definition) is 3. The zero-order valence-electron chi connectivity index (χ0n) is 9.39. The Kier molecular flexibility index (Phi) is 3.49. The van der Waals surface area contributed by atoms with Crippen LogP contribution < -0.4 is 4.72 Å². The van der Waals surface area contributed by atoms with Crippen LogP contribution in [0.25, 0.3) is 0 Å². The highest BCUT2D eigenvalue weighted by molar-refractivity contribution is 7.92. The van der Waals surface area contributed by atoms with Crippen LogP contribution >= 0.6 is 0 Å². The van der Waals surface area contributed by atoms with Gasteiger partial charge in [0.15, 0.2) is 5.03 Å². The molecule has 1 aromatic heterocycles. The third kappa shape index (κ3) is 2.71. The molecule has 3 N–H and O–H groups in total. The first kappa shape index (κ1) is 13.4. The van der Waals surface area contributed by atoms with Gasteiger partial charge in [0, 0.05) is 11.6 Å². The van der Waals surface area contributed by atoms with Gasteiger partial charge in [-0.2, -0.15) is 13.5 Å². The Morgan fingerprint density at radius 2 is 2.11 bits per heavy atom. The molecule has 0 radical (unpaired) electrons. The summed E-state index contributed by atoms with van der Waals surface area (Å²) in [7, 11) is -4.14. The molecule has 1 aromatic carbocycles. The molecule has 0 atom stereocenters. The Labute approximate surface area is 107 Å². The molecule has 0 saturated carbocycles. The van der Waals surface area contributed by atoms with Crippen LogP contribution in [0.5, 0.6) is 0 Å². The van der Waals surface area contributed by atoms with Gasteiger partial charge >= 0.3 is 0 Å². The molecule has 0 aliphatic heterocycles. The molecule has 0 aliphatic carbocycles. The van der Waals surface area contributed by atoms with Crippen LogP contribution in [0.3, 0.4) is 0 Å². The van der Waals surface area contributed by atoms with Gasteiger partial charge in [0.25, 0.3) is 10.0 Å². The van der Waals surface area contributed by atoms with Crippen LogP contribution in [-0.4, -0.2) is 23.7 Å². The molecule has 6 nitrogen and oxygen atoms in total. The van der Waals surface area contributed by atoms with Gasteiger partial charge in [-0.1, -0.05) is 0 Å². The van der Waals surface area contributed by atoms with Crippen LogP contribution in [0.1, 0.15) is 5.56 Å². The summed E-state index contributed by atoms with van der Waals surface area (Å²) in [5.74, 6) is -1.87. The first-order chi connectivity index (χ1) is 8.94. The van der Waals surface area contributed by atoms with E-state index in [4.69, 9.17) is 5.11 Å². The lowest BCUT2D eigenvalue weighted by Gasteiger charge is -2.08. The van der Waals surface area contributed by atoms with Gasteiger partial charge in [0.05, 0.1) is 18.5 Å². The standard InChI is InChI=1S/C10H9F2N3O3S/c11-7-1-2-9(8(12)3-7)15-19(17,18)10-6(5-16)4-13-14-10/h1-4,15-16H,5H2,(H,13,14). The number of sulfonamides is 1. The zero-order valence-corrected chi connectivity index (χ0v) is 10.2. The van der Waals surface area contributed by atoms with Crippen LogP contribution in [0.15, 0.2) is 29.4 Å². The van der Waals surface area contributed by atoms with Gasteiger partial charge in [-0.25, -0.2) is 8.78 Å². The molecule has 9 heteroatoms. The number of rotatable bonds is 4. The van der Waals surface area contributed by atoms with Crippen molar-refractivity contribution in [1.29, 1.82) is 0 Å². The number of benzene rings is 1. The number of nitrogens with zero attached hydrogens (tertiary/aromatic N) is 1. The van der Waals surface area contributed by atoms with Crippen molar-refractivity contribution in [1.82, 2.24) is 10.2 Å². The molecule has 2 aromatic rings. The van der Waals surface area contributed by atoms with E-state index in [1.165, 1.54) is 0 Å². The van der Waals surface area contributed by atoms with Crippen molar-refractivity contribution in [2.75, 3.05) is 4.72 Å². The Hall–Kier alpha value is -2.00. The minimum atomic E-state index is -4.14. The van der Waals surface area contributed by atoms with Gasteiger partial charge in [-0.15, -0.1) is 0 Å². The summed E-state index contributed by atoms with van der Waals surface area (Å²) in [5.41, 5.74) is -0.366. The van der Waals surface area contributed by atoms with Gasteiger partial charge < -0.3 is 5.11 Å². The molecule has 0 amide bonds. The van der Waals surface area contributed by atoms with Gasteiger partial charge in [-0.05, 0) is 12.1 Å². The second-order valence-electron chi connectivity index (χ2n) is 3.61. The minimum Gasteiger partial charge on any atom is -0.392 e. The van der Waals surface area contributed by atoms with E-state index in [9.17, 15) is 17.2 Å². The maximum atomic E-state index is 13.4. The highest BCUT2D eigenvalue weighted by Crippen LogP contribution is 2.20. The number of aromatic amines is 1. The van der Waals surface area contributed by atoms with E-state index in [-0.39, 0.29) is 10.6 Å². The molecule has 0 bridgehead atoms. The molecule has 0 fully saturated rings. The second kappa shape index (κ2) is 4.94. The number of anilines is 1. The van der Waals surface area contributed by atoms with Gasteiger partial charge in [0.1, 0.15) is 11.6 Å². The van der Waals surface area contributed by atoms with E-state index >= 15 is 0 Å². The molecule has 102 valence electrons. The number of H-pyrrole nitrogens is 1. The number of hydrogen-bond acceptors (Lipinski definition) is 4. The predicted octanol–water partition coefficient (Wildman–Crippen LogP) is 0.981. The average Bonchev–Trinajstić information content (AvgIpc) is 2.82. The summed E-state index contributed by atoms with van der Waals surface area (Å²) in [6, 6.07) is 2.43. The first-order valence-electron chi connectivity index (χ1n) is 5.05. The molecule has 19 heavy (non-hydrogen) atoms. The smallest absolute Gasteiger partial charge is 0.279 e.